The highest BCUT2D eigenvalue weighted by atomic mass is 15.3. The topological polar surface area (TPSA) is 6.48 Å². The first-order valence-corrected chi connectivity index (χ1v) is 4.31. The van der Waals surface area contributed by atoms with Gasteiger partial charge in [0.25, 0.3) is 0 Å². The van der Waals surface area contributed by atoms with Gasteiger partial charge in [0.05, 0.1) is 0 Å². The second-order valence-corrected chi connectivity index (χ2v) is 3.61. The summed E-state index contributed by atoms with van der Waals surface area (Å²) in [5, 5.41) is 0. The first-order chi connectivity index (χ1) is 5.46. The summed E-state index contributed by atoms with van der Waals surface area (Å²) >= 11 is 0. The van der Waals surface area contributed by atoms with Crippen LogP contribution in [-0.4, -0.2) is 29.9 Å². The summed E-state index contributed by atoms with van der Waals surface area (Å²) in [6.45, 7) is 12.5. The maximum Gasteiger partial charge on any atom is 0.100 e. The van der Waals surface area contributed by atoms with Crippen LogP contribution >= 0.6 is 0 Å². The highest BCUT2D eigenvalue weighted by molar-refractivity contribution is 5.15. The zero-order valence-corrected chi connectivity index (χ0v) is 8.46. The lowest BCUT2D eigenvalue weighted by Crippen LogP contribution is -2.46. The lowest BCUT2D eigenvalue weighted by atomic mass is 9.96. The van der Waals surface area contributed by atoms with E-state index in [0.29, 0.717) is 12.0 Å². The Bertz CT molecular complexity index is 198. The van der Waals surface area contributed by atoms with Crippen LogP contribution in [0, 0.1) is 5.92 Å². The third kappa shape index (κ3) is 1.11. The summed E-state index contributed by atoms with van der Waals surface area (Å²) in [7, 11) is 4.09. The predicted molar refractivity (Wildman–Crippen MR) is 52.4 cm³/mol. The Morgan fingerprint density at radius 1 is 1.17 bits per heavy atom. The van der Waals surface area contributed by atoms with Crippen LogP contribution in [0.4, 0.5) is 0 Å². The zero-order valence-electron chi connectivity index (χ0n) is 8.46. The largest absolute Gasteiger partial charge is 0.358 e. The molecule has 0 N–H and O–H groups in total. The zero-order chi connectivity index (χ0) is 9.46. The van der Waals surface area contributed by atoms with Gasteiger partial charge in [-0.15, -0.1) is 0 Å². The Kier molecular flexibility index (Phi) is 2.18. The van der Waals surface area contributed by atoms with Crippen molar-refractivity contribution in [2.45, 2.75) is 19.9 Å². The molecule has 0 spiro atoms. The van der Waals surface area contributed by atoms with Crippen molar-refractivity contribution in [3.63, 3.8) is 0 Å². The van der Waals surface area contributed by atoms with Crippen molar-refractivity contribution in [2.24, 2.45) is 5.92 Å². The maximum atomic E-state index is 4.05. The van der Waals surface area contributed by atoms with Crippen molar-refractivity contribution in [1.29, 1.82) is 0 Å². The fourth-order valence-electron chi connectivity index (χ4n) is 1.56. The molecule has 2 atom stereocenters. The van der Waals surface area contributed by atoms with E-state index in [1.54, 1.807) is 0 Å². The summed E-state index contributed by atoms with van der Waals surface area (Å²) in [4.78, 5) is 4.25. The van der Waals surface area contributed by atoms with Crippen molar-refractivity contribution in [3.8, 4) is 0 Å². The Morgan fingerprint density at radius 3 is 2.17 bits per heavy atom. The van der Waals surface area contributed by atoms with Gasteiger partial charge < -0.3 is 9.80 Å². The molecular weight excluding hydrogens is 148 g/mol. The first kappa shape index (κ1) is 9.17. The van der Waals surface area contributed by atoms with Crippen LogP contribution in [0.2, 0.25) is 0 Å². The van der Waals surface area contributed by atoms with Crippen LogP contribution in [0.5, 0.6) is 0 Å². The summed E-state index contributed by atoms with van der Waals surface area (Å²) in [5.41, 5.74) is 1.16. The Hall–Kier alpha value is -0.920. The summed E-state index contributed by atoms with van der Waals surface area (Å²) in [6, 6.07) is 0.501. The monoisotopic (exact) mass is 166 g/mol. The molecule has 1 aliphatic rings. The minimum atomic E-state index is 0.501. The number of rotatable bonds is 0. The average molecular weight is 166 g/mol. The third-order valence-electron chi connectivity index (χ3n) is 3.09. The number of hydrogen-bond acceptors (Lipinski definition) is 2. The Labute approximate surface area is 75.2 Å². The van der Waals surface area contributed by atoms with Gasteiger partial charge in [0.1, 0.15) is 5.82 Å². The van der Waals surface area contributed by atoms with Crippen molar-refractivity contribution >= 4 is 0 Å². The second-order valence-electron chi connectivity index (χ2n) is 3.61. The normalized spacial score (nSPS) is 31.3. The fraction of sp³-hybridized carbons (Fsp3) is 0.600. The average Bonchev–Trinajstić information content (AvgIpc) is 2.08. The molecule has 0 radical (unpaired) electrons. The highest BCUT2D eigenvalue weighted by Gasteiger charge is 2.29. The molecule has 2 heteroatoms. The molecule has 1 rings (SSSR count). The number of hydrogen-bond donors (Lipinski definition) is 0. The van der Waals surface area contributed by atoms with E-state index in [4.69, 9.17) is 0 Å². The molecule has 0 amide bonds. The van der Waals surface area contributed by atoms with E-state index in [0.717, 1.165) is 11.5 Å². The van der Waals surface area contributed by atoms with Crippen molar-refractivity contribution in [3.05, 3.63) is 24.7 Å². The predicted octanol–water partition coefficient (Wildman–Crippen LogP) is 1.87. The summed E-state index contributed by atoms with van der Waals surface area (Å²) in [6.07, 6.45) is 0. The van der Waals surface area contributed by atoms with Gasteiger partial charge in [-0.05, 0) is 6.92 Å². The SMILES string of the molecule is C=C1C(C)[C@H](C)N(C)C(=C)N1C. The van der Waals surface area contributed by atoms with Gasteiger partial charge in [-0.25, -0.2) is 0 Å². The van der Waals surface area contributed by atoms with Crippen molar-refractivity contribution in [1.82, 2.24) is 9.80 Å². The van der Waals surface area contributed by atoms with Gasteiger partial charge in [-0.2, -0.15) is 0 Å². The van der Waals surface area contributed by atoms with E-state index in [1.165, 1.54) is 0 Å². The van der Waals surface area contributed by atoms with E-state index in [2.05, 4.69) is 43.9 Å². The summed E-state index contributed by atoms with van der Waals surface area (Å²) in [5.74, 6) is 1.54. The highest BCUT2D eigenvalue weighted by Crippen LogP contribution is 2.30. The van der Waals surface area contributed by atoms with Crippen LogP contribution < -0.4 is 0 Å². The van der Waals surface area contributed by atoms with Crippen LogP contribution in [0.1, 0.15) is 13.8 Å². The molecule has 2 nitrogen and oxygen atoms in total. The molecule has 0 aromatic rings. The molecule has 0 bridgehead atoms. The Balaban J connectivity index is 2.91. The first-order valence-electron chi connectivity index (χ1n) is 4.31. The second kappa shape index (κ2) is 2.85. The molecule has 1 aliphatic heterocycles. The summed E-state index contributed by atoms with van der Waals surface area (Å²) < 4.78 is 0. The molecule has 68 valence electrons. The number of nitrogens with zero attached hydrogens (tertiary/aromatic N) is 2. The van der Waals surface area contributed by atoms with Gasteiger partial charge in [-0.1, -0.05) is 20.1 Å². The molecule has 0 saturated carbocycles. The quantitative estimate of drug-likeness (QED) is 0.542. The Morgan fingerprint density at radius 2 is 1.67 bits per heavy atom. The third-order valence-corrected chi connectivity index (χ3v) is 3.09. The van der Waals surface area contributed by atoms with Crippen LogP contribution in [-0.2, 0) is 0 Å². The molecule has 0 aliphatic carbocycles. The van der Waals surface area contributed by atoms with Gasteiger partial charge >= 0.3 is 0 Å². The standard InChI is InChI=1S/C10H18N2/c1-7-8(2)11(5)10(4)12(6)9(7)3/h7,9H,2,4H2,1,3,5-6H3/t7?,9-/m0/s1. The molecule has 0 aromatic heterocycles. The fourth-order valence-corrected chi connectivity index (χ4v) is 1.56. The van der Waals surface area contributed by atoms with Crippen LogP contribution in [0.25, 0.3) is 0 Å². The lowest BCUT2D eigenvalue weighted by molar-refractivity contribution is 0.151. The van der Waals surface area contributed by atoms with Crippen molar-refractivity contribution < 1.29 is 0 Å². The van der Waals surface area contributed by atoms with Gasteiger partial charge in [0, 0.05) is 31.8 Å². The molecule has 1 unspecified atom stereocenters. The molecule has 1 heterocycles. The minimum Gasteiger partial charge on any atom is -0.358 e. The van der Waals surface area contributed by atoms with E-state index in [-0.39, 0.29) is 0 Å². The van der Waals surface area contributed by atoms with E-state index < -0.39 is 0 Å². The van der Waals surface area contributed by atoms with Crippen LogP contribution in [0.3, 0.4) is 0 Å². The van der Waals surface area contributed by atoms with Crippen LogP contribution in [0.15, 0.2) is 24.7 Å². The molecule has 1 fully saturated rings. The molecule has 1 saturated heterocycles. The molecule has 12 heavy (non-hydrogen) atoms. The van der Waals surface area contributed by atoms with E-state index >= 15 is 0 Å². The van der Waals surface area contributed by atoms with Gasteiger partial charge in [0.15, 0.2) is 0 Å². The molecule has 0 aromatic carbocycles. The minimum absolute atomic E-state index is 0.501. The van der Waals surface area contributed by atoms with Gasteiger partial charge in [0.2, 0.25) is 0 Å². The smallest absolute Gasteiger partial charge is 0.100 e. The van der Waals surface area contributed by atoms with E-state index in [9.17, 15) is 0 Å². The van der Waals surface area contributed by atoms with E-state index in [1.807, 2.05) is 7.05 Å². The van der Waals surface area contributed by atoms with Gasteiger partial charge in [-0.3, -0.25) is 0 Å². The lowest BCUT2D eigenvalue weighted by Gasteiger charge is -2.45. The molecular formula is C10H18N2. The maximum absolute atomic E-state index is 4.05. The van der Waals surface area contributed by atoms with Crippen molar-refractivity contribution in [2.75, 3.05) is 14.1 Å².